The third kappa shape index (κ3) is 6.75. The molecule has 0 amide bonds. The molecule has 2 N–H and O–H groups in total. The normalized spacial score (nSPS) is 15.8. The second-order valence-corrected chi connectivity index (χ2v) is 8.80. The van der Waals surface area contributed by atoms with Gasteiger partial charge < -0.3 is 19.8 Å². The Morgan fingerprint density at radius 3 is 2.57 bits per heavy atom. The van der Waals surface area contributed by atoms with Gasteiger partial charge in [-0.1, -0.05) is 33.3 Å². The fourth-order valence-corrected chi connectivity index (χ4v) is 3.34. The molecule has 2 heterocycles. The standard InChI is InChI=1S/C23H35N5O2/c1-5-24-22(28-16-21-26-15-19(30-21)23(2,3)4)27-14-17-11-12-20(25-13-17)29-18-9-7-6-8-10-18/h11-13,15,18H,5-10,14,16H2,1-4H3,(H2,24,27,28). The molecule has 0 radical (unpaired) electrons. The Bertz CT molecular complexity index is 802. The van der Waals surface area contributed by atoms with Gasteiger partial charge in [-0.15, -0.1) is 0 Å². The first kappa shape index (κ1) is 22.1. The van der Waals surface area contributed by atoms with E-state index in [0.29, 0.717) is 31.0 Å². The second kappa shape index (κ2) is 10.5. The maximum atomic E-state index is 6.00. The summed E-state index contributed by atoms with van der Waals surface area (Å²) in [5, 5.41) is 6.53. The van der Waals surface area contributed by atoms with Gasteiger partial charge in [0, 0.05) is 24.2 Å². The maximum Gasteiger partial charge on any atom is 0.213 e. The van der Waals surface area contributed by atoms with Gasteiger partial charge in [0.15, 0.2) is 5.96 Å². The second-order valence-electron chi connectivity index (χ2n) is 8.80. The SMILES string of the molecule is CCNC(=NCc1ccc(OC2CCCCC2)nc1)NCc1ncc(C(C)(C)C)o1. The number of hydrogen-bond donors (Lipinski definition) is 2. The molecule has 1 fully saturated rings. The molecule has 30 heavy (non-hydrogen) atoms. The molecular formula is C23H35N5O2. The minimum Gasteiger partial charge on any atom is -0.474 e. The zero-order valence-corrected chi connectivity index (χ0v) is 18.7. The average Bonchev–Trinajstić information content (AvgIpc) is 3.22. The molecule has 0 spiro atoms. The number of rotatable bonds is 7. The fourth-order valence-electron chi connectivity index (χ4n) is 3.34. The van der Waals surface area contributed by atoms with Crippen LogP contribution in [0.25, 0.3) is 0 Å². The van der Waals surface area contributed by atoms with Gasteiger partial charge in [-0.3, -0.25) is 0 Å². The van der Waals surface area contributed by atoms with Gasteiger partial charge in [-0.05, 0) is 38.2 Å². The zero-order chi connectivity index (χ0) is 21.4. The van der Waals surface area contributed by atoms with Crippen molar-refractivity contribution in [1.29, 1.82) is 0 Å². The van der Waals surface area contributed by atoms with Crippen LogP contribution in [0.1, 0.15) is 77.0 Å². The molecule has 1 aliphatic rings. The summed E-state index contributed by atoms with van der Waals surface area (Å²) in [5.41, 5.74) is 0.985. The summed E-state index contributed by atoms with van der Waals surface area (Å²) in [4.78, 5) is 13.5. The number of nitrogens with one attached hydrogen (secondary N) is 2. The van der Waals surface area contributed by atoms with Crippen molar-refractivity contribution in [3.8, 4) is 5.88 Å². The molecule has 7 heteroatoms. The first-order valence-corrected chi connectivity index (χ1v) is 11.0. The molecule has 7 nitrogen and oxygen atoms in total. The molecule has 0 bridgehead atoms. The van der Waals surface area contributed by atoms with E-state index in [1.165, 1.54) is 19.3 Å². The van der Waals surface area contributed by atoms with E-state index in [1.807, 2.05) is 25.3 Å². The highest BCUT2D eigenvalue weighted by atomic mass is 16.5. The number of nitrogens with zero attached hydrogens (tertiary/aromatic N) is 3. The van der Waals surface area contributed by atoms with E-state index in [-0.39, 0.29) is 5.41 Å². The first-order valence-electron chi connectivity index (χ1n) is 11.0. The number of guanidine groups is 1. The molecule has 0 atom stereocenters. The Hall–Kier alpha value is -2.57. The molecule has 164 valence electrons. The van der Waals surface area contributed by atoms with Gasteiger partial charge in [0.25, 0.3) is 0 Å². The Labute approximate surface area is 179 Å². The minimum absolute atomic E-state index is 0.0519. The number of aliphatic imine (C=N–C) groups is 1. The third-order valence-corrected chi connectivity index (χ3v) is 5.10. The number of hydrogen-bond acceptors (Lipinski definition) is 5. The molecule has 1 aliphatic carbocycles. The molecule has 0 aliphatic heterocycles. The summed E-state index contributed by atoms with van der Waals surface area (Å²) in [7, 11) is 0. The van der Waals surface area contributed by atoms with Gasteiger partial charge >= 0.3 is 0 Å². The van der Waals surface area contributed by atoms with Gasteiger partial charge in [-0.2, -0.15) is 0 Å². The number of ether oxygens (including phenoxy) is 1. The van der Waals surface area contributed by atoms with Crippen molar-refractivity contribution in [3.05, 3.63) is 41.7 Å². The van der Waals surface area contributed by atoms with Crippen molar-refractivity contribution in [2.45, 2.75) is 84.4 Å². The van der Waals surface area contributed by atoms with E-state index in [0.717, 1.165) is 36.7 Å². The van der Waals surface area contributed by atoms with Gasteiger partial charge in [-0.25, -0.2) is 15.0 Å². The highest BCUT2D eigenvalue weighted by Gasteiger charge is 2.19. The highest BCUT2D eigenvalue weighted by Crippen LogP contribution is 2.23. The minimum atomic E-state index is -0.0519. The van der Waals surface area contributed by atoms with Crippen molar-refractivity contribution in [2.75, 3.05) is 6.54 Å². The van der Waals surface area contributed by atoms with Crippen LogP contribution in [0.3, 0.4) is 0 Å². The Balaban J connectivity index is 1.52. The first-order chi connectivity index (χ1) is 14.4. The Morgan fingerprint density at radius 2 is 1.93 bits per heavy atom. The molecule has 1 saturated carbocycles. The van der Waals surface area contributed by atoms with E-state index in [1.54, 1.807) is 6.20 Å². The molecule has 2 aromatic heterocycles. The number of aromatic nitrogens is 2. The number of oxazole rings is 1. The van der Waals surface area contributed by atoms with E-state index < -0.39 is 0 Å². The molecule has 0 saturated heterocycles. The van der Waals surface area contributed by atoms with Crippen LogP contribution in [-0.4, -0.2) is 28.6 Å². The van der Waals surface area contributed by atoms with Crippen LogP contribution in [0, 0.1) is 0 Å². The zero-order valence-electron chi connectivity index (χ0n) is 18.7. The van der Waals surface area contributed by atoms with Crippen molar-refractivity contribution in [2.24, 2.45) is 4.99 Å². The lowest BCUT2D eigenvalue weighted by Crippen LogP contribution is -2.36. The smallest absolute Gasteiger partial charge is 0.213 e. The molecular weight excluding hydrogens is 378 g/mol. The highest BCUT2D eigenvalue weighted by molar-refractivity contribution is 5.79. The lowest BCUT2D eigenvalue weighted by Gasteiger charge is -2.22. The van der Waals surface area contributed by atoms with Crippen molar-refractivity contribution in [1.82, 2.24) is 20.6 Å². The van der Waals surface area contributed by atoms with E-state index in [9.17, 15) is 0 Å². The summed E-state index contributed by atoms with van der Waals surface area (Å²) < 4.78 is 11.8. The van der Waals surface area contributed by atoms with Gasteiger partial charge in [0.1, 0.15) is 11.9 Å². The Kier molecular flexibility index (Phi) is 7.71. The lowest BCUT2D eigenvalue weighted by molar-refractivity contribution is 0.148. The van der Waals surface area contributed by atoms with E-state index in [2.05, 4.69) is 46.4 Å². The molecule has 0 unspecified atom stereocenters. The van der Waals surface area contributed by atoms with Crippen LogP contribution >= 0.6 is 0 Å². The van der Waals surface area contributed by atoms with Crippen LogP contribution < -0.4 is 15.4 Å². The van der Waals surface area contributed by atoms with Crippen LogP contribution in [0.5, 0.6) is 5.88 Å². The fraction of sp³-hybridized carbons (Fsp3) is 0.609. The summed E-state index contributed by atoms with van der Waals surface area (Å²) >= 11 is 0. The lowest BCUT2D eigenvalue weighted by atomic mass is 9.94. The van der Waals surface area contributed by atoms with Crippen molar-refractivity contribution >= 4 is 5.96 Å². The molecule has 3 rings (SSSR count). The third-order valence-electron chi connectivity index (χ3n) is 5.10. The predicted octanol–water partition coefficient (Wildman–Crippen LogP) is 4.33. The van der Waals surface area contributed by atoms with Crippen molar-refractivity contribution in [3.63, 3.8) is 0 Å². The summed E-state index contributed by atoms with van der Waals surface area (Å²) in [6.45, 7) is 10.1. The average molecular weight is 414 g/mol. The molecule has 2 aromatic rings. The van der Waals surface area contributed by atoms with E-state index in [4.69, 9.17) is 9.15 Å². The quantitative estimate of drug-likeness (QED) is 0.519. The van der Waals surface area contributed by atoms with Crippen molar-refractivity contribution < 1.29 is 9.15 Å². The van der Waals surface area contributed by atoms with Gasteiger partial charge in [0.2, 0.25) is 11.8 Å². The van der Waals surface area contributed by atoms with E-state index >= 15 is 0 Å². The summed E-state index contributed by atoms with van der Waals surface area (Å²) in [5.74, 6) is 2.95. The largest absolute Gasteiger partial charge is 0.474 e. The number of pyridine rings is 1. The predicted molar refractivity (Wildman–Crippen MR) is 119 cm³/mol. The maximum absolute atomic E-state index is 6.00. The molecule has 0 aromatic carbocycles. The van der Waals surface area contributed by atoms with Crippen LogP contribution in [-0.2, 0) is 18.5 Å². The van der Waals surface area contributed by atoms with Crippen LogP contribution in [0.2, 0.25) is 0 Å². The summed E-state index contributed by atoms with van der Waals surface area (Å²) in [6, 6.07) is 3.97. The Morgan fingerprint density at radius 1 is 1.13 bits per heavy atom. The monoisotopic (exact) mass is 413 g/mol. The van der Waals surface area contributed by atoms with Gasteiger partial charge in [0.05, 0.1) is 19.3 Å². The van der Waals surface area contributed by atoms with Crippen LogP contribution in [0.4, 0.5) is 0 Å². The topological polar surface area (TPSA) is 84.6 Å². The summed E-state index contributed by atoms with van der Waals surface area (Å²) in [6.07, 6.45) is 10.0. The van der Waals surface area contributed by atoms with Crippen LogP contribution in [0.15, 0.2) is 33.9 Å².